The lowest BCUT2D eigenvalue weighted by molar-refractivity contribution is -0.145. The van der Waals surface area contributed by atoms with Gasteiger partial charge in [-0.15, -0.1) is 0 Å². The van der Waals surface area contributed by atoms with Gasteiger partial charge >= 0.3 is 11.9 Å². The lowest BCUT2D eigenvalue weighted by Gasteiger charge is -2.36. The summed E-state index contributed by atoms with van der Waals surface area (Å²) in [6.07, 6.45) is 10.6. The zero-order valence-electron chi connectivity index (χ0n) is 35.2. The van der Waals surface area contributed by atoms with Gasteiger partial charge in [-0.2, -0.15) is 0 Å². The van der Waals surface area contributed by atoms with Gasteiger partial charge in [0, 0.05) is 25.0 Å². The lowest BCUT2D eigenvalue weighted by Crippen LogP contribution is -2.61. The van der Waals surface area contributed by atoms with E-state index < -0.39 is 83.0 Å². The third-order valence-corrected chi connectivity index (χ3v) is 10.5. The molecular formula is C42H63N7O10. The molecule has 326 valence electrons. The molecule has 1 aliphatic carbocycles. The number of nitrogens with one attached hydrogen (secondary N) is 4. The molecule has 0 unspecified atom stereocenters. The van der Waals surface area contributed by atoms with Gasteiger partial charge in [0.15, 0.2) is 0 Å². The van der Waals surface area contributed by atoms with Crippen molar-refractivity contribution in [2.75, 3.05) is 13.2 Å². The maximum Gasteiger partial charge on any atom is 0.337 e. The number of hydrogen-bond acceptors (Lipinski definition) is 10. The van der Waals surface area contributed by atoms with Gasteiger partial charge in [0.1, 0.15) is 30.2 Å². The van der Waals surface area contributed by atoms with Crippen molar-refractivity contribution in [3.8, 4) is 0 Å². The number of nitrogens with two attached hydrogens (primary N) is 1. The largest absolute Gasteiger partial charge is 0.478 e. The maximum atomic E-state index is 14.4. The molecule has 0 radical (unpaired) electrons. The number of primary amides is 1. The number of likely N-dealkylation sites (tertiary alicyclic amines) is 1. The van der Waals surface area contributed by atoms with E-state index in [4.69, 9.17) is 10.5 Å². The average molecular weight is 826 g/mol. The first-order valence-electron chi connectivity index (χ1n) is 20.6. The third-order valence-electron chi connectivity index (χ3n) is 10.5. The molecule has 1 saturated carbocycles. The number of rotatable bonds is 20. The Balaban J connectivity index is 1.80. The number of amides is 6. The minimum Gasteiger partial charge on any atom is -0.478 e. The number of hydrogen-bond donors (Lipinski definition) is 6. The highest BCUT2D eigenvalue weighted by Gasteiger charge is 2.43. The van der Waals surface area contributed by atoms with Gasteiger partial charge in [0.05, 0.1) is 18.6 Å². The molecule has 2 fully saturated rings. The fraction of sp³-hybridized carbons (Fsp3) is 0.643. The predicted molar refractivity (Wildman–Crippen MR) is 217 cm³/mol. The van der Waals surface area contributed by atoms with Crippen molar-refractivity contribution in [1.29, 1.82) is 0 Å². The Morgan fingerprint density at radius 3 is 2.22 bits per heavy atom. The summed E-state index contributed by atoms with van der Waals surface area (Å²) in [6, 6.07) is -3.85. The second-order valence-electron chi connectivity index (χ2n) is 16.9. The van der Waals surface area contributed by atoms with Crippen LogP contribution in [0.1, 0.15) is 122 Å². The fourth-order valence-corrected chi connectivity index (χ4v) is 7.51. The van der Waals surface area contributed by atoms with E-state index in [1.807, 2.05) is 13.8 Å². The maximum absolute atomic E-state index is 14.4. The van der Waals surface area contributed by atoms with Crippen molar-refractivity contribution in [3.63, 3.8) is 0 Å². The van der Waals surface area contributed by atoms with Crippen molar-refractivity contribution in [1.82, 2.24) is 31.2 Å². The Labute approximate surface area is 346 Å². The van der Waals surface area contributed by atoms with Gasteiger partial charge in [-0.1, -0.05) is 60.0 Å². The molecule has 3 rings (SSSR count). The van der Waals surface area contributed by atoms with Crippen molar-refractivity contribution < 1.29 is 48.2 Å². The summed E-state index contributed by atoms with van der Waals surface area (Å²) in [5.41, 5.74) is 5.04. The Bertz CT molecular complexity index is 1700. The van der Waals surface area contributed by atoms with Crippen LogP contribution in [0.2, 0.25) is 0 Å². The van der Waals surface area contributed by atoms with Gasteiger partial charge in [-0.3, -0.25) is 33.8 Å². The summed E-state index contributed by atoms with van der Waals surface area (Å²) in [5, 5.41) is 20.5. The molecule has 0 aromatic carbocycles. The van der Waals surface area contributed by atoms with E-state index in [2.05, 4.69) is 26.3 Å². The van der Waals surface area contributed by atoms with Crippen LogP contribution in [0.3, 0.4) is 0 Å². The van der Waals surface area contributed by atoms with Crippen LogP contribution >= 0.6 is 0 Å². The standard InChI is InChI=1S/C42H63N7O10/c1-7-59-33(51)18-12-11-16-29(45-32(50)22-26-21-28(41(57)58)24-44-23-26)37(53)48-35(42(4,5)6)40(56)49-19-13-17-31(49)39(55)46-30(20-25(2)3)38(54)47-34(36(43)52)27-14-9-8-10-15-27/h12,18,21,23-25,27,29-31,34-35H,7-11,13-17,19-20,22H2,1-6H3,(H2,43,52)(H,45,50)(H,46,55)(H,47,54)(H,48,53)(H,57,58)/b18-12+/t29-,30-,31-,34-,35+/m0/s1. The normalized spacial score (nSPS) is 18.0. The monoisotopic (exact) mass is 825 g/mol. The summed E-state index contributed by atoms with van der Waals surface area (Å²) in [5.74, 6) is -5.39. The van der Waals surface area contributed by atoms with Crippen molar-refractivity contribution >= 4 is 47.4 Å². The summed E-state index contributed by atoms with van der Waals surface area (Å²) in [6.45, 7) is 11.1. The number of pyridine rings is 1. The molecule has 7 N–H and O–H groups in total. The number of carboxylic acids is 1. The molecule has 17 heteroatoms. The van der Waals surface area contributed by atoms with Crippen LogP contribution in [0.25, 0.3) is 0 Å². The summed E-state index contributed by atoms with van der Waals surface area (Å²) >= 11 is 0. The van der Waals surface area contributed by atoms with Crippen LogP contribution in [-0.4, -0.2) is 106 Å². The summed E-state index contributed by atoms with van der Waals surface area (Å²) in [7, 11) is 0. The van der Waals surface area contributed by atoms with Crippen LogP contribution in [0.15, 0.2) is 30.6 Å². The highest BCUT2D eigenvalue weighted by atomic mass is 16.5. The Hall–Kier alpha value is -5.35. The molecule has 2 aliphatic rings. The Morgan fingerprint density at radius 2 is 1.61 bits per heavy atom. The first kappa shape index (κ1) is 48.0. The van der Waals surface area contributed by atoms with Crippen LogP contribution in [0.4, 0.5) is 0 Å². The number of carboxylic acid groups (broad SMARTS) is 1. The third kappa shape index (κ3) is 15.1. The van der Waals surface area contributed by atoms with E-state index in [1.54, 1.807) is 27.7 Å². The molecule has 59 heavy (non-hydrogen) atoms. The molecule has 1 aromatic heterocycles. The van der Waals surface area contributed by atoms with Gasteiger partial charge in [-0.05, 0) is 80.8 Å². The second kappa shape index (κ2) is 22.7. The van der Waals surface area contributed by atoms with Gasteiger partial charge in [0.2, 0.25) is 35.4 Å². The predicted octanol–water partition coefficient (Wildman–Crippen LogP) is 2.31. The van der Waals surface area contributed by atoms with E-state index in [0.717, 1.165) is 38.3 Å². The van der Waals surface area contributed by atoms with Crippen LogP contribution in [0.5, 0.6) is 0 Å². The molecule has 2 heterocycles. The van der Waals surface area contributed by atoms with Crippen LogP contribution in [0, 0.1) is 17.3 Å². The molecule has 6 amide bonds. The second-order valence-corrected chi connectivity index (χ2v) is 16.9. The quantitative estimate of drug-likeness (QED) is 0.0822. The van der Waals surface area contributed by atoms with E-state index in [-0.39, 0.29) is 56.2 Å². The number of ether oxygens (including phenoxy) is 1. The number of allylic oxidation sites excluding steroid dienone is 1. The summed E-state index contributed by atoms with van der Waals surface area (Å²) < 4.78 is 4.91. The SMILES string of the molecule is CCOC(=O)/C=C/CC[C@H](NC(=O)Cc1cncc(C(=O)O)c1)C(=O)N[C@H](C(=O)N1CCC[C@H]1C(=O)N[C@@H](CC(C)C)C(=O)N[C@H](C(N)=O)C1CCCCC1)C(C)(C)C. The first-order valence-corrected chi connectivity index (χ1v) is 20.6. The minimum atomic E-state index is -1.22. The molecule has 5 atom stereocenters. The fourth-order valence-electron chi connectivity index (χ4n) is 7.51. The topological polar surface area (TPSA) is 256 Å². The van der Waals surface area contributed by atoms with Gasteiger partial charge < -0.3 is 41.7 Å². The van der Waals surface area contributed by atoms with E-state index in [0.29, 0.717) is 18.4 Å². The van der Waals surface area contributed by atoms with E-state index in [1.165, 1.54) is 29.3 Å². The smallest absolute Gasteiger partial charge is 0.337 e. The van der Waals surface area contributed by atoms with Gasteiger partial charge in [-0.25, -0.2) is 9.59 Å². The Morgan fingerprint density at radius 1 is 0.932 bits per heavy atom. The Kier molecular flexibility index (Phi) is 18.5. The first-order chi connectivity index (χ1) is 27.8. The van der Waals surface area contributed by atoms with E-state index in [9.17, 15) is 43.5 Å². The molecule has 0 bridgehead atoms. The number of nitrogens with zero attached hydrogens (tertiary/aromatic N) is 2. The minimum absolute atomic E-state index is 0.00443. The molecule has 1 aliphatic heterocycles. The van der Waals surface area contributed by atoms with Crippen LogP contribution < -0.4 is 27.0 Å². The number of carbonyl (C=O) groups is 8. The molecule has 17 nitrogen and oxygen atoms in total. The van der Waals surface area contributed by atoms with Crippen molar-refractivity contribution in [2.24, 2.45) is 23.0 Å². The summed E-state index contributed by atoms with van der Waals surface area (Å²) in [4.78, 5) is 110. The number of aromatic nitrogens is 1. The zero-order valence-corrected chi connectivity index (χ0v) is 35.2. The highest BCUT2D eigenvalue weighted by molar-refractivity contribution is 5.97. The zero-order chi connectivity index (χ0) is 43.9. The number of aromatic carboxylic acids is 1. The van der Waals surface area contributed by atoms with E-state index >= 15 is 0 Å². The number of carbonyl (C=O) groups excluding carboxylic acids is 7. The highest BCUT2D eigenvalue weighted by Crippen LogP contribution is 2.28. The average Bonchev–Trinajstić information content (AvgIpc) is 3.67. The molecule has 1 aromatic rings. The number of esters is 1. The van der Waals surface area contributed by atoms with Crippen molar-refractivity contribution in [2.45, 2.75) is 142 Å². The van der Waals surface area contributed by atoms with Crippen molar-refractivity contribution in [3.05, 3.63) is 41.7 Å². The lowest BCUT2D eigenvalue weighted by atomic mass is 9.83. The van der Waals surface area contributed by atoms with Gasteiger partial charge in [0.25, 0.3) is 0 Å². The van der Waals surface area contributed by atoms with Crippen LogP contribution in [-0.2, 0) is 44.7 Å². The molecular weight excluding hydrogens is 763 g/mol. The molecule has 0 spiro atoms. The molecule has 1 saturated heterocycles.